The molecular weight excluding hydrogens is 409 g/mol. The average Bonchev–Trinajstić information content (AvgIpc) is 3.22. The van der Waals surface area contributed by atoms with Crippen molar-refractivity contribution in [2.45, 2.75) is 39.3 Å². The Hall–Kier alpha value is -3.68. The summed E-state index contributed by atoms with van der Waals surface area (Å²) in [5, 5.41) is 3.08. The Kier molecular flexibility index (Phi) is 6.20. The third-order valence-electron chi connectivity index (χ3n) is 5.55. The second kappa shape index (κ2) is 9.21. The molecule has 0 aliphatic carbocycles. The fourth-order valence-corrected chi connectivity index (χ4v) is 3.73. The lowest BCUT2D eigenvalue weighted by molar-refractivity contribution is 0.553. The van der Waals surface area contributed by atoms with Crippen LogP contribution in [0.4, 0.5) is 10.1 Å². The Morgan fingerprint density at radius 1 is 1.06 bits per heavy atom. The lowest BCUT2D eigenvalue weighted by Gasteiger charge is -2.11. The van der Waals surface area contributed by atoms with Gasteiger partial charge >= 0.3 is 5.69 Å². The molecule has 2 aromatic carbocycles. The van der Waals surface area contributed by atoms with Crippen molar-refractivity contribution in [3.8, 4) is 0 Å². The number of H-pyrrole nitrogens is 1. The van der Waals surface area contributed by atoms with Gasteiger partial charge in [-0.2, -0.15) is 0 Å². The van der Waals surface area contributed by atoms with Crippen LogP contribution in [-0.4, -0.2) is 26.1 Å². The van der Waals surface area contributed by atoms with E-state index in [1.807, 2.05) is 38.2 Å². The van der Waals surface area contributed by atoms with Crippen LogP contribution in [-0.2, 0) is 19.5 Å². The number of aromatic amines is 1. The molecule has 0 aliphatic heterocycles. The van der Waals surface area contributed by atoms with Crippen LogP contribution in [0, 0.1) is 5.82 Å². The zero-order valence-corrected chi connectivity index (χ0v) is 18.2. The molecular formula is C24H26FN5O2. The van der Waals surface area contributed by atoms with Gasteiger partial charge in [-0.1, -0.05) is 43.7 Å². The number of nitrogens with one attached hydrogen (secondary N) is 2. The first-order valence-electron chi connectivity index (χ1n) is 10.7. The molecule has 2 N–H and O–H groups in total. The number of rotatable bonds is 8. The minimum Gasteiger partial charge on any atom is -0.388 e. The van der Waals surface area contributed by atoms with Crippen LogP contribution in [0.25, 0.3) is 11.2 Å². The molecule has 0 saturated carbocycles. The molecule has 2 aromatic heterocycles. The highest BCUT2D eigenvalue weighted by atomic mass is 19.1. The van der Waals surface area contributed by atoms with Crippen LogP contribution < -0.4 is 16.6 Å². The van der Waals surface area contributed by atoms with Gasteiger partial charge in [-0.15, -0.1) is 0 Å². The average molecular weight is 436 g/mol. The number of aromatic nitrogens is 4. The number of nitrogens with zero attached hydrogens (tertiary/aromatic N) is 3. The predicted molar refractivity (Wildman–Crippen MR) is 124 cm³/mol. The van der Waals surface area contributed by atoms with Crippen molar-refractivity contribution in [2.75, 3.05) is 12.4 Å². The molecule has 0 saturated heterocycles. The summed E-state index contributed by atoms with van der Waals surface area (Å²) in [6, 6.07) is 14.1. The summed E-state index contributed by atoms with van der Waals surface area (Å²) in [6.07, 6.45) is 2.14. The SMILES string of the molecule is CCCCn1c(=O)n(Cc2ccccc2F)c(=O)c2[nH]c(Cc3ccc(NC)cc3)nc21. The summed E-state index contributed by atoms with van der Waals surface area (Å²) >= 11 is 0. The molecule has 166 valence electrons. The fraction of sp³-hybridized carbons (Fsp3) is 0.292. The molecule has 0 spiro atoms. The molecule has 4 aromatic rings. The second-order valence-corrected chi connectivity index (χ2v) is 7.78. The highest BCUT2D eigenvalue weighted by Gasteiger charge is 2.18. The van der Waals surface area contributed by atoms with E-state index in [9.17, 15) is 14.0 Å². The van der Waals surface area contributed by atoms with Crippen LogP contribution in [0.2, 0.25) is 0 Å². The molecule has 0 amide bonds. The third kappa shape index (κ3) is 4.21. The van der Waals surface area contributed by atoms with Crippen LogP contribution in [0.3, 0.4) is 0 Å². The quantitative estimate of drug-likeness (QED) is 0.444. The first-order valence-corrected chi connectivity index (χ1v) is 10.7. The molecule has 0 atom stereocenters. The normalized spacial score (nSPS) is 11.2. The lowest BCUT2D eigenvalue weighted by Crippen LogP contribution is -2.40. The zero-order valence-electron chi connectivity index (χ0n) is 18.2. The maximum atomic E-state index is 14.2. The van der Waals surface area contributed by atoms with Crippen LogP contribution in [0.15, 0.2) is 58.1 Å². The summed E-state index contributed by atoms with van der Waals surface area (Å²) in [5.74, 6) is 0.150. The van der Waals surface area contributed by atoms with E-state index in [-0.39, 0.29) is 17.6 Å². The lowest BCUT2D eigenvalue weighted by atomic mass is 10.1. The van der Waals surface area contributed by atoms with E-state index in [2.05, 4.69) is 15.3 Å². The number of imidazole rings is 1. The molecule has 0 radical (unpaired) electrons. The predicted octanol–water partition coefficient (Wildman–Crippen LogP) is 3.51. The Morgan fingerprint density at radius 2 is 1.81 bits per heavy atom. The van der Waals surface area contributed by atoms with Gasteiger partial charge in [-0.05, 0) is 30.2 Å². The van der Waals surface area contributed by atoms with Crippen molar-refractivity contribution in [3.63, 3.8) is 0 Å². The van der Waals surface area contributed by atoms with Gasteiger partial charge in [0.2, 0.25) is 0 Å². The van der Waals surface area contributed by atoms with Crippen molar-refractivity contribution in [3.05, 3.63) is 92.1 Å². The molecule has 0 unspecified atom stereocenters. The number of unbranched alkanes of at least 4 members (excludes halogenated alkanes) is 1. The molecule has 7 nitrogen and oxygen atoms in total. The summed E-state index contributed by atoms with van der Waals surface area (Å²) in [6.45, 7) is 2.33. The number of anilines is 1. The van der Waals surface area contributed by atoms with E-state index in [0.29, 0.717) is 24.4 Å². The third-order valence-corrected chi connectivity index (χ3v) is 5.55. The number of benzene rings is 2. The second-order valence-electron chi connectivity index (χ2n) is 7.78. The monoisotopic (exact) mass is 435 g/mol. The summed E-state index contributed by atoms with van der Waals surface area (Å²) < 4.78 is 16.8. The summed E-state index contributed by atoms with van der Waals surface area (Å²) in [4.78, 5) is 34.1. The van der Waals surface area contributed by atoms with Gasteiger partial charge in [0.25, 0.3) is 5.56 Å². The molecule has 4 rings (SSSR count). The zero-order chi connectivity index (χ0) is 22.7. The van der Waals surface area contributed by atoms with Crippen molar-refractivity contribution in [2.24, 2.45) is 0 Å². The Labute approximate surface area is 184 Å². The van der Waals surface area contributed by atoms with E-state index in [1.54, 1.807) is 18.2 Å². The number of fused-ring (bicyclic) bond motifs is 1. The molecule has 8 heteroatoms. The molecule has 2 heterocycles. The molecule has 0 fully saturated rings. The van der Waals surface area contributed by atoms with E-state index in [1.165, 1.54) is 10.6 Å². The highest BCUT2D eigenvalue weighted by Crippen LogP contribution is 2.15. The largest absolute Gasteiger partial charge is 0.388 e. The Bertz CT molecular complexity index is 1350. The van der Waals surface area contributed by atoms with Crippen LogP contribution >= 0.6 is 0 Å². The summed E-state index contributed by atoms with van der Waals surface area (Å²) in [5.41, 5.74) is 1.96. The maximum absolute atomic E-state index is 14.2. The van der Waals surface area contributed by atoms with Crippen molar-refractivity contribution < 1.29 is 4.39 Å². The number of hydrogen-bond donors (Lipinski definition) is 2. The fourth-order valence-electron chi connectivity index (χ4n) is 3.73. The van der Waals surface area contributed by atoms with Crippen molar-refractivity contribution in [1.82, 2.24) is 19.1 Å². The van der Waals surface area contributed by atoms with Crippen LogP contribution in [0.1, 0.15) is 36.7 Å². The van der Waals surface area contributed by atoms with Gasteiger partial charge in [0.1, 0.15) is 17.2 Å². The number of aryl methyl sites for hydroxylation is 1. The van der Waals surface area contributed by atoms with Crippen molar-refractivity contribution >= 4 is 16.9 Å². The van der Waals surface area contributed by atoms with Gasteiger partial charge in [-0.3, -0.25) is 13.9 Å². The van der Waals surface area contributed by atoms with Gasteiger partial charge in [0, 0.05) is 31.3 Å². The van der Waals surface area contributed by atoms with Gasteiger partial charge < -0.3 is 10.3 Å². The van der Waals surface area contributed by atoms with E-state index >= 15 is 0 Å². The Morgan fingerprint density at radius 3 is 2.50 bits per heavy atom. The minimum absolute atomic E-state index is 0.133. The first kappa shape index (κ1) is 21.5. The van der Waals surface area contributed by atoms with E-state index < -0.39 is 17.1 Å². The van der Waals surface area contributed by atoms with E-state index in [0.717, 1.165) is 28.7 Å². The summed E-state index contributed by atoms with van der Waals surface area (Å²) in [7, 11) is 1.86. The Balaban J connectivity index is 1.80. The molecule has 0 aliphatic rings. The first-order chi connectivity index (χ1) is 15.5. The highest BCUT2D eigenvalue weighted by molar-refractivity contribution is 5.70. The smallest absolute Gasteiger partial charge is 0.333 e. The van der Waals surface area contributed by atoms with Gasteiger partial charge in [-0.25, -0.2) is 14.2 Å². The molecule has 0 bridgehead atoms. The van der Waals surface area contributed by atoms with Gasteiger partial charge in [0.15, 0.2) is 5.65 Å². The number of hydrogen-bond acceptors (Lipinski definition) is 4. The van der Waals surface area contributed by atoms with Crippen LogP contribution in [0.5, 0.6) is 0 Å². The van der Waals surface area contributed by atoms with Gasteiger partial charge in [0.05, 0.1) is 6.54 Å². The standard InChI is InChI=1S/C24H26FN5O2/c1-3-4-13-29-22-21(27-20(28-22)14-16-9-11-18(26-2)12-10-16)23(31)30(24(29)32)15-17-7-5-6-8-19(17)25/h5-12,26H,3-4,13-15H2,1-2H3,(H,27,28). The topological polar surface area (TPSA) is 84.7 Å². The van der Waals surface area contributed by atoms with Crippen molar-refractivity contribution in [1.29, 1.82) is 0 Å². The molecule has 32 heavy (non-hydrogen) atoms. The number of halogens is 1. The van der Waals surface area contributed by atoms with E-state index in [4.69, 9.17) is 0 Å². The minimum atomic E-state index is -0.495. The maximum Gasteiger partial charge on any atom is 0.333 e.